The van der Waals surface area contributed by atoms with Crippen molar-refractivity contribution in [3.05, 3.63) is 17.8 Å². The average Bonchev–Trinajstić information content (AvgIpc) is 2.83. The SMILES string of the molecule is COCC1CCCCN1c1nc(-c2cnc(N)cc2C(F)F)nc(N2C3CCCC2COC3)n1. The molecule has 3 fully saturated rings. The number of fused-ring (bicyclic) bond motifs is 2. The highest BCUT2D eigenvalue weighted by molar-refractivity contribution is 5.64. The second-order valence-electron chi connectivity index (χ2n) is 9.24. The number of hydrogen-bond donors (Lipinski definition) is 1. The molecule has 0 aromatic carbocycles. The minimum absolute atomic E-state index is 0.0347. The number of piperidine rings is 2. The van der Waals surface area contributed by atoms with Crippen LogP contribution in [0.3, 0.4) is 0 Å². The fraction of sp³-hybridized carbons (Fsp3) is 0.652. The van der Waals surface area contributed by atoms with Gasteiger partial charge in [0.05, 0.1) is 37.9 Å². The van der Waals surface area contributed by atoms with Crippen molar-refractivity contribution in [2.75, 3.05) is 49.0 Å². The summed E-state index contributed by atoms with van der Waals surface area (Å²) in [5, 5.41) is 0. The van der Waals surface area contributed by atoms with Gasteiger partial charge in [-0.15, -0.1) is 0 Å². The van der Waals surface area contributed by atoms with E-state index in [0.717, 1.165) is 45.1 Å². The molecule has 5 rings (SSSR count). The number of alkyl halides is 2. The highest BCUT2D eigenvalue weighted by atomic mass is 19.3. The van der Waals surface area contributed by atoms with Crippen molar-refractivity contribution in [3.63, 3.8) is 0 Å². The maximum absolute atomic E-state index is 13.9. The fourth-order valence-electron chi connectivity index (χ4n) is 5.36. The Labute approximate surface area is 197 Å². The first kappa shape index (κ1) is 23.1. The molecule has 0 spiro atoms. The number of hydrogen-bond acceptors (Lipinski definition) is 9. The summed E-state index contributed by atoms with van der Waals surface area (Å²) in [6.45, 7) is 2.53. The monoisotopic (exact) mass is 475 g/mol. The minimum Gasteiger partial charge on any atom is -0.384 e. The Kier molecular flexibility index (Phi) is 6.73. The molecule has 2 aromatic rings. The second-order valence-corrected chi connectivity index (χ2v) is 9.24. The molecule has 9 nitrogen and oxygen atoms in total. The van der Waals surface area contributed by atoms with Gasteiger partial charge in [-0.3, -0.25) is 0 Å². The molecule has 0 radical (unpaired) electrons. The van der Waals surface area contributed by atoms with E-state index in [4.69, 9.17) is 30.2 Å². The number of morpholine rings is 1. The van der Waals surface area contributed by atoms with E-state index in [9.17, 15) is 8.78 Å². The molecule has 3 unspecified atom stereocenters. The quantitative estimate of drug-likeness (QED) is 0.675. The van der Waals surface area contributed by atoms with Gasteiger partial charge in [-0.2, -0.15) is 15.0 Å². The number of rotatable bonds is 6. The summed E-state index contributed by atoms with van der Waals surface area (Å²) in [4.78, 5) is 22.7. The van der Waals surface area contributed by atoms with E-state index in [1.807, 2.05) is 0 Å². The largest absolute Gasteiger partial charge is 0.384 e. The van der Waals surface area contributed by atoms with Gasteiger partial charge in [-0.05, 0) is 44.6 Å². The van der Waals surface area contributed by atoms with Crippen LogP contribution >= 0.6 is 0 Å². The molecule has 2 aromatic heterocycles. The maximum atomic E-state index is 13.9. The predicted molar refractivity (Wildman–Crippen MR) is 124 cm³/mol. The van der Waals surface area contributed by atoms with Crippen LogP contribution in [0, 0.1) is 0 Å². The molecular formula is C23H31F2N7O2. The van der Waals surface area contributed by atoms with Crippen molar-refractivity contribution in [1.29, 1.82) is 0 Å². The molecule has 5 heterocycles. The van der Waals surface area contributed by atoms with Gasteiger partial charge in [-0.25, -0.2) is 13.8 Å². The van der Waals surface area contributed by atoms with Crippen LogP contribution in [-0.2, 0) is 9.47 Å². The van der Waals surface area contributed by atoms with Crippen LogP contribution in [0.5, 0.6) is 0 Å². The molecule has 184 valence electrons. The minimum atomic E-state index is -2.73. The number of halogens is 2. The number of nitrogens with two attached hydrogens (primary N) is 1. The van der Waals surface area contributed by atoms with E-state index in [2.05, 4.69) is 14.8 Å². The molecule has 2 N–H and O–H groups in total. The van der Waals surface area contributed by atoms with Gasteiger partial charge in [0, 0.05) is 31.0 Å². The van der Waals surface area contributed by atoms with Crippen LogP contribution in [0.15, 0.2) is 12.3 Å². The first-order chi connectivity index (χ1) is 16.5. The summed E-state index contributed by atoms with van der Waals surface area (Å²) in [7, 11) is 1.68. The number of nitrogens with zero attached hydrogens (tertiary/aromatic N) is 6. The lowest BCUT2D eigenvalue weighted by molar-refractivity contribution is 0.0452. The highest BCUT2D eigenvalue weighted by Crippen LogP contribution is 2.35. The lowest BCUT2D eigenvalue weighted by Crippen LogP contribution is -2.56. The Bertz CT molecular complexity index is 987. The van der Waals surface area contributed by atoms with E-state index >= 15 is 0 Å². The molecule has 0 amide bonds. The van der Waals surface area contributed by atoms with Gasteiger partial charge in [0.25, 0.3) is 6.43 Å². The second kappa shape index (κ2) is 9.91. The number of ether oxygens (including phenoxy) is 2. The van der Waals surface area contributed by atoms with E-state index < -0.39 is 6.43 Å². The summed E-state index contributed by atoms with van der Waals surface area (Å²) in [6, 6.07) is 1.63. The molecule has 0 saturated carbocycles. The van der Waals surface area contributed by atoms with Crippen molar-refractivity contribution in [2.24, 2.45) is 0 Å². The number of methoxy groups -OCH3 is 1. The van der Waals surface area contributed by atoms with E-state index in [1.54, 1.807) is 7.11 Å². The Morgan fingerprint density at radius 1 is 1.09 bits per heavy atom. The van der Waals surface area contributed by atoms with Crippen molar-refractivity contribution >= 4 is 17.7 Å². The van der Waals surface area contributed by atoms with Crippen molar-refractivity contribution in [2.45, 2.75) is 63.1 Å². The molecule has 3 saturated heterocycles. The lowest BCUT2D eigenvalue weighted by Gasteiger charge is -2.46. The van der Waals surface area contributed by atoms with Crippen LogP contribution in [0.4, 0.5) is 26.5 Å². The standard InChI is InChI=1S/C23H31F2N7O2/c1-33-11-14-5-2-3-8-31(14)22-28-21(18-10-27-19(26)9-17(18)20(24)25)29-23(30-22)32-15-6-4-7-16(32)13-34-12-15/h9-10,14-16,20H,2-8,11-13H2,1H3,(H2,26,27). The third kappa shape index (κ3) is 4.50. The van der Waals surface area contributed by atoms with Gasteiger partial charge in [0.1, 0.15) is 5.82 Å². The third-order valence-electron chi connectivity index (χ3n) is 7.00. The Hall–Kier alpha value is -2.66. The van der Waals surface area contributed by atoms with Crippen LogP contribution < -0.4 is 15.5 Å². The smallest absolute Gasteiger partial charge is 0.264 e. The number of nitrogen functional groups attached to an aromatic ring is 1. The van der Waals surface area contributed by atoms with E-state index in [-0.39, 0.29) is 40.9 Å². The molecule has 3 aliphatic heterocycles. The molecule has 0 aliphatic carbocycles. The summed E-state index contributed by atoms with van der Waals surface area (Å²) in [5.74, 6) is 1.22. The number of anilines is 3. The van der Waals surface area contributed by atoms with Gasteiger partial charge in [0.15, 0.2) is 5.82 Å². The number of pyridine rings is 1. The van der Waals surface area contributed by atoms with E-state index in [1.165, 1.54) is 12.3 Å². The van der Waals surface area contributed by atoms with Crippen molar-refractivity contribution in [1.82, 2.24) is 19.9 Å². The molecular weight excluding hydrogens is 444 g/mol. The first-order valence-corrected chi connectivity index (χ1v) is 12.0. The number of aromatic nitrogens is 4. The Balaban J connectivity index is 1.63. The van der Waals surface area contributed by atoms with Gasteiger partial charge in [-0.1, -0.05) is 0 Å². The molecule has 34 heavy (non-hydrogen) atoms. The van der Waals surface area contributed by atoms with Crippen LogP contribution in [0.25, 0.3) is 11.4 Å². The average molecular weight is 476 g/mol. The normalized spacial score (nSPS) is 25.1. The predicted octanol–water partition coefficient (Wildman–Crippen LogP) is 3.22. The molecule has 2 bridgehead atoms. The van der Waals surface area contributed by atoms with Gasteiger partial charge in [0.2, 0.25) is 11.9 Å². The van der Waals surface area contributed by atoms with Gasteiger partial charge >= 0.3 is 0 Å². The van der Waals surface area contributed by atoms with Crippen LogP contribution in [0.2, 0.25) is 0 Å². The topological polar surface area (TPSA) is 103 Å². The zero-order valence-electron chi connectivity index (χ0n) is 19.4. The molecule has 3 aliphatic rings. The van der Waals surface area contributed by atoms with Crippen LogP contribution in [-0.4, -0.2) is 71.5 Å². The van der Waals surface area contributed by atoms with Gasteiger partial charge < -0.3 is 25.0 Å². The lowest BCUT2D eigenvalue weighted by atomic mass is 9.95. The fourth-order valence-corrected chi connectivity index (χ4v) is 5.36. The first-order valence-electron chi connectivity index (χ1n) is 12.0. The summed E-state index contributed by atoms with van der Waals surface area (Å²) < 4.78 is 39.1. The highest BCUT2D eigenvalue weighted by Gasteiger charge is 2.37. The Morgan fingerprint density at radius 3 is 2.59 bits per heavy atom. The third-order valence-corrected chi connectivity index (χ3v) is 7.00. The van der Waals surface area contributed by atoms with Crippen molar-refractivity contribution in [3.8, 4) is 11.4 Å². The maximum Gasteiger partial charge on any atom is 0.264 e. The van der Waals surface area contributed by atoms with Crippen LogP contribution in [0.1, 0.15) is 50.5 Å². The molecule has 3 atom stereocenters. The molecule has 11 heteroatoms. The summed E-state index contributed by atoms with van der Waals surface area (Å²) >= 11 is 0. The van der Waals surface area contributed by atoms with E-state index in [0.29, 0.717) is 31.7 Å². The summed E-state index contributed by atoms with van der Waals surface area (Å²) in [6.07, 6.45) is 4.75. The summed E-state index contributed by atoms with van der Waals surface area (Å²) in [5.41, 5.74) is 5.65. The zero-order chi connectivity index (χ0) is 23.7. The van der Waals surface area contributed by atoms with Crippen molar-refractivity contribution < 1.29 is 18.3 Å². The zero-order valence-corrected chi connectivity index (χ0v) is 19.4. The Morgan fingerprint density at radius 2 is 1.85 bits per heavy atom.